The van der Waals surface area contributed by atoms with Gasteiger partial charge in [-0.2, -0.15) is 4.98 Å². The van der Waals surface area contributed by atoms with Crippen molar-refractivity contribution >= 4 is 12.4 Å². The number of hydrogen-bond acceptors (Lipinski definition) is 5. The van der Waals surface area contributed by atoms with E-state index in [1.165, 1.54) is 12.1 Å². The van der Waals surface area contributed by atoms with Gasteiger partial charge in [0.05, 0.1) is 6.04 Å². The summed E-state index contributed by atoms with van der Waals surface area (Å²) < 4.78 is 23.3. The van der Waals surface area contributed by atoms with E-state index in [2.05, 4.69) is 10.1 Å². The molecule has 7 heteroatoms. The molecule has 2 aromatic rings. The van der Waals surface area contributed by atoms with E-state index in [-0.39, 0.29) is 30.8 Å². The second-order valence-corrected chi connectivity index (χ2v) is 3.56. The molecule has 0 spiro atoms. The first-order chi connectivity index (χ1) is 8.16. The zero-order valence-corrected chi connectivity index (χ0v) is 10.5. The van der Waals surface area contributed by atoms with Gasteiger partial charge in [0.2, 0.25) is 11.7 Å². The largest absolute Gasteiger partial charge is 0.482 e. The topological polar surface area (TPSA) is 74.2 Å². The lowest BCUT2D eigenvalue weighted by atomic mass is 10.3. The Morgan fingerprint density at radius 3 is 2.78 bits per heavy atom. The Morgan fingerprint density at radius 2 is 2.17 bits per heavy atom. The average Bonchev–Trinajstić information content (AvgIpc) is 2.77. The molecule has 0 fully saturated rings. The smallest absolute Gasteiger partial charge is 0.243 e. The molecule has 0 radical (unpaired) electrons. The van der Waals surface area contributed by atoms with Gasteiger partial charge in [-0.05, 0) is 19.1 Å². The summed E-state index contributed by atoms with van der Waals surface area (Å²) in [7, 11) is 0. The third-order valence-corrected chi connectivity index (χ3v) is 2.07. The van der Waals surface area contributed by atoms with Gasteiger partial charge in [0.15, 0.2) is 18.2 Å². The Morgan fingerprint density at radius 1 is 1.44 bits per heavy atom. The molecule has 0 bridgehead atoms. The monoisotopic (exact) mass is 273 g/mol. The van der Waals surface area contributed by atoms with Crippen LogP contribution in [-0.4, -0.2) is 10.1 Å². The van der Waals surface area contributed by atoms with E-state index >= 15 is 0 Å². The zero-order chi connectivity index (χ0) is 12.3. The molecule has 2 rings (SSSR count). The number of aromatic nitrogens is 2. The molecule has 1 aromatic carbocycles. The molecule has 0 aliphatic carbocycles. The first-order valence-electron chi connectivity index (χ1n) is 5.12. The highest BCUT2D eigenvalue weighted by molar-refractivity contribution is 5.85. The fourth-order valence-corrected chi connectivity index (χ4v) is 1.22. The van der Waals surface area contributed by atoms with Crippen molar-refractivity contribution in [2.45, 2.75) is 19.6 Å². The lowest BCUT2D eigenvalue weighted by molar-refractivity contribution is 0.272. The Bertz CT molecular complexity index is 505. The normalized spacial score (nSPS) is 11.7. The van der Waals surface area contributed by atoms with Crippen molar-refractivity contribution in [2.75, 3.05) is 0 Å². The van der Waals surface area contributed by atoms with Crippen LogP contribution in [0.5, 0.6) is 5.75 Å². The minimum Gasteiger partial charge on any atom is -0.482 e. The Hall–Kier alpha value is -1.66. The predicted molar refractivity (Wildman–Crippen MR) is 64.9 cm³/mol. The van der Waals surface area contributed by atoms with Gasteiger partial charge in [0.25, 0.3) is 0 Å². The van der Waals surface area contributed by atoms with Gasteiger partial charge >= 0.3 is 0 Å². The second kappa shape index (κ2) is 6.32. The number of rotatable bonds is 4. The Balaban J connectivity index is 0.00000162. The number of para-hydroxylation sites is 1. The number of halogens is 2. The van der Waals surface area contributed by atoms with Crippen LogP contribution in [0.1, 0.15) is 24.7 Å². The summed E-state index contributed by atoms with van der Waals surface area (Å²) in [5, 5.41) is 3.67. The number of nitrogens with zero attached hydrogens (tertiary/aromatic N) is 2. The van der Waals surface area contributed by atoms with Gasteiger partial charge in [0.1, 0.15) is 0 Å². The van der Waals surface area contributed by atoms with Crippen LogP contribution in [0.3, 0.4) is 0 Å². The quantitative estimate of drug-likeness (QED) is 0.925. The molecule has 98 valence electrons. The van der Waals surface area contributed by atoms with Gasteiger partial charge < -0.3 is 15.0 Å². The second-order valence-electron chi connectivity index (χ2n) is 3.56. The maximum atomic E-state index is 13.2. The van der Waals surface area contributed by atoms with Crippen LogP contribution in [0, 0.1) is 5.82 Å². The third-order valence-electron chi connectivity index (χ3n) is 2.07. The molecule has 0 aliphatic heterocycles. The first kappa shape index (κ1) is 14.4. The van der Waals surface area contributed by atoms with E-state index in [1.54, 1.807) is 19.1 Å². The molecule has 0 saturated carbocycles. The molecule has 1 aromatic heterocycles. The van der Waals surface area contributed by atoms with Crippen molar-refractivity contribution in [2.24, 2.45) is 5.73 Å². The van der Waals surface area contributed by atoms with Crippen LogP contribution in [0.4, 0.5) is 4.39 Å². The van der Waals surface area contributed by atoms with E-state index < -0.39 is 5.82 Å². The van der Waals surface area contributed by atoms with Crippen LogP contribution in [0.15, 0.2) is 28.8 Å². The van der Waals surface area contributed by atoms with Crippen molar-refractivity contribution in [3.05, 3.63) is 41.8 Å². The predicted octanol–water partition coefficient (Wildman–Crippen LogP) is 2.23. The third kappa shape index (κ3) is 3.41. The summed E-state index contributed by atoms with van der Waals surface area (Å²) in [4.78, 5) is 4.00. The zero-order valence-electron chi connectivity index (χ0n) is 9.67. The summed E-state index contributed by atoms with van der Waals surface area (Å²) in [5.41, 5.74) is 5.56. The van der Waals surface area contributed by atoms with Crippen molar-refractivity contribution in [1.82, 2.24) is 10.1 Å². The average molecular weight is 274 g/mol. The Kier molecular flexibility index (Phi) is 5.06. The summed E-state index contributed by atoms with van der Waals surface area (Å²) >= 11 is 0. The number of hydrogen-bond donors (Lipinski definition) is 1. The molecular weight excluding hydrogens is 261 g/mol. The molecule has 18 heavy (non-hydrogen) atoms. The van der Waals surface area contributed by atoms with E-state index in [0.29, 0.717) is 11.7 Å². The maximum absolute atomic E-state index is 13.2. The van der Waals surface area contributed by atoms with Gasteiger partial charge in [-0.3, -0.25) is 0 Å². The summed E-state index contributed by atoms with van der Waals surface area (Å²) in [5.74, 6) is 0.390. The van der Waals surface area contributed by atoms with Crippen molar-refractivity contribution in [3.8, 4) is 5.75 Å². The molecule has 1 heterocycles. The molecule has 0 aliphatic rings. The lowest BCUT2D eigenvalue weighted by Crippen LogP contribution is -2.05. The fraction of sp³-hybridized carbons (Fsp3) is 0.273. The highest BCUT2D eigenvalue weighted by Crippen LogP contribution is 2.16. The number of ether oxygens (including phenoxy) is 1. The van der Waals surface area contributed by atoms with E-state index in [0.717, 1.165) is 0 Å². The SMILES string of the molecule is CC(N)c1nc(COc2ccccc2F)no1.Cl. The number of benzene rings is 1. The molecular formula is C11H13ClFN3O2. The Labute approximate surface area is 110 Å². The highest BCUT2D eigenvalue weighted by atomic mass is 35.5. The van der Waals surface area contributed by atoms with Crippen molar-refractivity contribution in [1.29, 1.82) is 0 Å². The maximum Gasteiger partial charge on any atom is 0.243 e. The van der Waals surface area contributed by atoms with Gasteiger partial charge in [-0.25, -0.2) is 4.39 Å². The fourth-order valence-electron chi connectivity index (χ4n) is 1.22. The molecule has 0 saturated heterocycles. The summed E-state index contributed by atoms with van der Waals surface area (Å²) in [6.45, 7) is 1.77. The summed E-state index contributed by atoms with van der Waals surface area (Å²) in [6.07, 6.45) is 0. The van der Waals surface area contributed by atoms with E-state index in [4.69, 9.17) is 15.0 Å². The van der Waals surface area contributed by atoms with E-state index in [9.17, 15) is 4.39 Å². The van der Waals surface area contributed by atoms with E-state index in [1.807, 2.05) is 0 Å². The van der Waals surface area contributed by atoms with Crippen LogP contribution >= 0.6 is 12.4 Å². The highest BCUT2D eigenvalue weighted by Gasteiger charge is 2.11. The van der Waals surface area contributed by atoms with Crippen LogP contribution < -0.4 is 10.5 Å². The summed E-state index contributed by atoms with van der Waals surface area (Å²) in [6, 6.07) is 5.79. The van der Waals surface area contributed by atoms with Crippen molar-refractivity contribution in [3.63, 3.8) is 0 Å². The lowest BCUT2D eigenvalue weighted by Gasteiger charge is -2.03. The molecule has 5 nitrogen and oxygen atoms in total. The minimum absolute atomic E-state index is 0. The molecule has 0 amide bonds. The molecule has 1 atom stereocenters. The van der Waals surface area contributed by atoms with Crippen LogP contribution in [0.25, 0.3) is 0 Å². The van der Waals surface area contributed by atoms with Gasteiger partial charge in [-0.15, -0.1) is 12.4 Å². The van der Waals surface area contributed by atoms with Gasteiger partial charge in [0, 0.05) is 0 Å². The van der Waals surface area contributed by atoms with Crippen LogP contribution in [0.2, 0.25) is 0 Å². The molecule has 1 unspecified atom stereocenters. The minimum atomic E-state index is -0.427. The van der Waals surface area contributed by atoms with Crippen LogP contribution in [-0.2, 0) is 6.61 Å². The molecule has 2 N–H and O–H groups in total. The van der Waals surface area contributed by atoms with Crippen molar-refractivity contribution < 1.29 is 13.7 Å². The van der Waals surface area contributed by atoms with Gasteiger partial charge in [-0.1, -0.05) is 17.3 Å². The standard InChI is InChI=1S/C11H12FN3O2.ClH/c1-7(13)11-14-10(15-17-11)6-16-9-5-3-2-4-8(9)12;/h2-5,7H,6,13H2,1H3;1H. The number of nitrogens with two attached hydrogens (primary N) is 1. The first-order valence-corrected chi connectivity index (χ1v) is 5.12.